The highest BCUT2D eigenvalue weighted by Crippen LogP contribution is 2.16. The number of hydrogen-bond acceptors (Lipinski definition) is 4. The van der Waals surface area contributed by atoms with Gasteiger partial charge >= 0.3 is 0 Å². The zero-order chi connectivity index (χ0) is 14.8. The lowest BCUT2D eigenvalue weighted by molar-refractivity contribution is 0.0802. The average molecular weight is 284 g/mol. The van der Waals surface area contributed by atoms with Crippen molar-refractivity contribution >= 4 is 0 Å². The SMILES string of the molecule is CCCNCc1cc(F)cnc1OCCOCC(C)C. The first-order valence-electron chi connectivity index (χ1n) is 7.19. The highest BCUT2D eigenvalue weighted by molar-refractivity contribution is 5.26. The normalized spacial score (nSPS) is 11.1. The summed E-state index contributed by atoms with van der Waals surface area (Å²) in [7, 11) is 0. The summed E-state index contributed by atoms with van der Waals surface area (Å²) in [6, 6.07) is 1.46. The van der Waals surface area contributed by atoms with Gasteiger partial charge in [0.1, 0.15) is 12.4 Å². The number of pyridine rings is 1. The summed E-state index contributed by atoms with van der Waals surface area (Å²) in [5, 5.41) is 3.22. The number of nitrogens with zero attached hydrogens (tertiary/aromatic N) is 1. The van der Waals surface area contributed by atoms with Crippen LogP contribution >= 0.6 is 0 Å². The van der Waals surface area contributed by atoms with Gasteiger partial charge < -0.3 is 14.8 Å². The average Bonchev–Trinajstić information content (AvgIpc) is 2.40. The second-order valence-electron chi connectivity index (χ2n) is 5.11. The molecule has 0 amide bonds. The lowest BCUT2D eigenvalue weighted by Crippen LogP contribution is -2.16. The Kier molecular flexibility index (Phi) is 8.14. The monoisotopic (exact) mass is 284 g/mol. The third-order valence-corrected chi connectivity index (χ3v) is 2.55. The van der Waals surface area contributed by atoms with Crippen molar-refractivity contribution in [1.29, 1.82) is 0 Å². The molecule has 1 rings (SSSR count). The molecule has 1 heterocycles. The molecule has 5 heteroatoms. The Morgan fingerprint density at radius 2 is 2.15 bits per heavy atom. The molecule has 0 aliphatic rings. The maximum atomic E-state index is 13.2. The summed E-state index contributed by atoms with van der Waals surface area (Å²) < 4.78 is 24.2. The number of halogens is 1. The first-order valence-corrected chi connectivity index (χ1v) is 7.19. The van der Waals surface area contributed by atoms with Gasteiger partial charge in [-0.15, -0.1) is 0 Å². The quantitative estimate of drug-likeness (QED) is 0.671. The number of nitrogens with one attached hydrogen (secondary N) is 1. The van der Waals surface area contributed by atoms with Gasteiger partial charge in [0.25, 0.3) is 0 Å². The molecule has 1 aromatic rings. The lowest BCUT2D eigenvalue weighted by atomic mass is 10.2. The third-order valence-electron chi connectivity index (χ3n) is 2.55. The molecule has 0 bridgehead atoms. The van der Waals surface area contributed by atoms with Crippen molar-refractivity contribution in [3.63, 3.8) is 0 Å². The second-order valence-corrected chi connectivity index (χ2v) is 5.11. The summed E-state index contributed by atoms with van der Waals surface area (Å²) in [4.78, 5) is 4.00. The molecule has 0 aliphatic carbocycles. The first kappa shape index (κ1) is 16.9. The van der Waals surface area contributed by atoms with Gasteiger partial charge in [-0.05, 0) is 24.9 Å². The Bertz CT molecular complexity index is 386. The Hall–Kier alpha value is -1.20. The minimum atomic E-state index is -0.346. The standard InChI is InChI=1S/C15H25FN2O2/c1-4-5-17-9-13-8-14(16)10-18-15(13)20-7-6-19-11-12(2)3/h8,10,12,17H,4-7,9,11H2,1-3H3. The van der Waals surface area contributed by atoms with E-state index in [1.807, 2.05) is 0 Å². The van der Waals surface area contributed by atoms with Crippen LogP contribution in [-0.2, 0) is 11.3 Å². The van der Waals surface area contributed by atoms with E-state index in [-0.39, 0.29) is 5.82 Å². The van der Waals surface area contributed by atoms with Crippen molar-refractivity contribution in [2.45, 2.75) is 33.7 Å². The molecule has 0 fully saturated rings. The zero-order valence-corrected chi connectivity index (χ0v) is 12.6. The van der Waals surface area contributed by atoms with Crippen molar-refractivity contribution in [3.05, 3.63) is 23.6 Å². The van der Waals surface area contributed by atoms with E-state index in [0.29, 0.717) is 38.2 Å². The van der Waals surface area contributed by atoms with E-state index in [2.05, 4.69) is 31.1 Å². The fourth-order valence-electron chi connectivity index (χ4n) is 1.64. The predicted molar refractivity (Wildman–Crippen MR) is 77.3 cm³/mol. The lowest BCUT2D eigenvalue weighted by Gasteiger charge is -2.12. The van der Waals surface area contributed by atoms with E-state index in [0.717, 1.165) is 18.5 Å². The van der Waals surface area contributed by atoms with Crippen LogP contribution < -0.4 is 10.1 Å². The summed E-state index contributed by atoms with van der Waals surface area (Å²) in [5.41, 5.74) is 0.738. The highest BCUT2D eigenvalue weighted by atomic mass is 19.1. The third kappa shape index (κ3) is 6.82. The molecule has 1 aromatic heterocycles. The molecule has 20 heavy (non-hydrogen) atoms. The molecule has 0 atom stereocenters. The van der Waals surface area contributed by atoms with Crippen molar-refractivity contribution in [1.82, 2.24) is 10.3 Å². The van der Waals surface area contributed by atoms with Crippen LogP contribution in [0.2, 0.25) is 0 Å². The molecular weight excluding hydrogens is 259 g/mol. The molecule has 114 valence electrons. The predicted octanol–water partition coefficient (Wildman–Crippen LogP) is 2.77. The van der Waals surface area contributed by atoms with Crippen molar-refractivity contribution in [2.75, 3.05) is 26.4 Å². The van der Waals surface area contributed by atoms with Crippen LogP contribution in [0.25, 0.3) is 0 Å². The topological polar surface area (TPSA) is 43.4 Å². The molecule has 0 unspecified atom stereocenters. The molecule has 0 saturated heterocycles. The van der Waals surface area contributed by atoms with E-state index in [1.54, 1.807) is 0 Å². The summed E-state index contributed by atoms with van der Waals surface area (Å²) in [6.07, 6.45) is 2.20. The first-order chi connectivity index (χ1) is 9.63. The highest BCUT2D eigenvalue weighted by Gasteiger charge is 2.07. The van der Waals surface area contributed by atoms with Gasteiger partial charge in [0.15, 0.2) is 0 Å². The number of hydrogen-bond donors (Lipinski definition) is 1. The van der Waals surface area contributed by atoms with Gasteiger partial charge in [0.2, 0.25) is 5.88 Å². The molecule has 0 aromatic carbocycles. The maximum absolute atomic E-state index is 13.2. The second kappa shape index (κ2) is 9.66. The maximum Gasteiger partial charge on any atom is 0.218 e. The van der Waals surface area contributed by atoms with Crippen LogP contribution in [0.5, 0.6) is 5.88 Å². The van der Waals surface area contributed by atoms with Crippen LogP contribution in [0.15, 0.2) is 12.3 Å². The molecule has 0 aliphatic heterocycles. The van der Waals surface area contributed by atoms with E-state index >= 15 is 0 Å². The Morgan fingerprint density at radius 1 is 1.35 bits per heavy atom. The van der Waals surface area contributed by atoms with Crippen LogP contribution in [0.1, 0.15) is 32.8 Å². The van der Waals surface area contributed by atoms with Gasteiger partial charge in [-0.1, -0.05) is 20.8 Å². The Balaban J connectivity index is 2.42. The summed E-state index contributed by atoms with van der Waals surface area (Å²) in [5.74, 6) is 0.637. The Morgan fingerprint density at radius 3 is 2.85 bits per heavy atom. The van der Waals surface area contributed by atoms with Crippen LogP contribution in [0.3, 0.4) is 0 Å². The minimum absolute atomic E-state index is 0.346. The number of aromatic nitrogens is 1. The molecule has 0 spiro atoms. The molecular formula is C15H25FN2O2. The molecule has 0 saturated carbocycles. The van der Waals surface area contributed by atoms with Gasteiger partial charge in [-0.25, -0.2) is 9.37 Å². The van der Waals surface area contributed by atoms with E-state index in [4.69, 9.17) is 9.47 Å². The van der Waals surface area contributed by atoms with Crippen molar-refractivity contribution < 1.29 is 13.9 Å². The van der Waals surface area contributed by atoms with E-state index in [9.17, 15) is 4.39 Å². The van der Waals surface area contributed by atoms with E-state index < -0.39 is 0 Å². The van der Waals surface area contributed by atoms with Crippen LogP contribution in [0.4, 0.5) is 4.39 Å². The number of ether oxygens (including phenoxy) is 2. The zero-order valence-electron chi connectivity index (χ0n) is 12.6. The van der Waals surface area contributed by atoms with Crippen LogP contribution in [-0.4, -0.2) is 31.3 Å². The molecule has 1 N–H and O–H groups in total. The fourth-order valence-corrected chi connectivity index (χ4v) is 1.64. The largest absolute Gasteiger partial charge is 0.475 e. The smallest absolute Gasteiger partial charge is 0.218 e. The number of rotatable bonds is 10. The summed E-state index contributed by atoms with van der Waals surface area (Å²) in [6.45, 7) is 9.37. The van der Waals surface area contributed by atoms with Gasteiger partial charge in [0, 0.05) is 18.7 Å². The van der Waals surface area contributed by atoms with E-state index in [1.165, 1.54) is 12.3 Å². The fraction of sp³-hybridized carbons (Fsp3) is 0.667. The van der Waals surface area contributed by atoms with Crippen LogP contribution in [0, 0.1) is 11.7 Å². The minimum Gasteiger partial charge on any atom is -0.475 e. The Labute approximate surface area is 120 Å². The molecule has 4 nitrogen and oxygen atoms in total. The van der Waals surface area contributed by atoms with Gasteiger partial charge in [-0.3, -0.25) is 0 Å². The van der Waals surface area contributed by atoms with Gasteiger partial charge in [-0.2, -0.15) is 0 Å². The van der Waals surface area contributed by atoms with Crippen molar-refractivity contribution in [3.8, 4) is 5.88 Å². The summed E-state index contributed by atoms with van der Waals surface area (Å²) >= 11 is 0. The molecule has 0 radical (unpaired) electrons. The van der Waals surface area contributed by atoms with Gasteiger partial charge in [0.05, 0.1) is 12.8 Å². The van der Waals surface area contributed by atoms with Crippen molar-refractivity contribution in [2.24, 2.45) is 5.92 Å².